The molecule has 4 aromatic carbocycles. The van der Waals surface area contributed by atoms with Crippen molar-refractivity contribution in [3.63, 3.8) is 0 Å². The van der Waals surface area contributed by atoms with Crippen LogP contribution < -0.4 is 24.5 Å². The Morgan fingerprint density at radius 3 is 2.33 bits per heavy atom. The first-order chi connectivity index (χ1) is 20.7. The van der Waals surface area contributed by atoms with Crippen molar-refractivity contribution in [2.45, 2.75) is 11.8 Å². The van der Waals surface area contributed by atoms with Crippen molar-refractivity contribution in [2.24, 2.45) is 5.10 Å². The van der Waals surface area contributed by atoms with Crippen molar-refractivity contribution in [3.8, 4) is 11.5 Å². The Kier molecular flexibility index (Phi) is 10.4. The van der Waals surface area contributed by atoms with Crippen LogP contribution in [0.15, 0.2) is 107 Å². The topological polar surface area (TPSA) is 126 Å². The lowest BCUT2D eigenvalue weighted by Gasteiger charge is -2.24. The second kappa shape index (κ2) is 14.3. The van der Waals surface area contributed by atoms with Gasteiger partial charge in [-0.1, -0.05) is 48.0 Å². The molecule has 2 amide bonds. The quantitative estimate of drug-likeness (QED) is 0.169. The van der Waals surface area contributed by atoms with Gasteiger partial charge in [0.1, 0.15) is 18.0 Å². The van der Waals surface area contributed by atoms with Gasteiger partial charge in [0.15, 0.2) is 6.61 Å². The van der Waals surface area contributed by atoms with Crippen LogP contribution in [0, 0.1) is 6.92 Å². The number of ether oxygens (including phenoxy) is 2. The monoisotopic (exact) mass is 620 g/mol. The molecule has 43 heavy (non-hydrogen) atoms. The predicted octanol–water partition coefficient (Wildman–Crippen LogP) is 5.02. The predicted molar refractivity (Wildman–Crippen MR) is 166 cm³/mol. The molecule has 0 bridgehead atoms. The summed E-state index contributed by atoms with van der Waals surface area (Å²) in [5, 5.41) is 7.05. The Balaban J connectivity index is 1.35. The number of para-hydroxylation sites is 2. The van der Waals surface area contributed by atoms with Gasteiger partial charge >= 0.3 is 0 Å². The fourth-order valence-electron chi connectivity index (χ4n) is 3.85. The smallest absolute Gasteiger partial charge is 0.264 e. The number of aryl methyl sites for hydroxylation is 1. The van der Waals surface area contributed by atoms with E-state index in [1.807, 2.05) is 0 Å². The Morgan fingerprint density at radius 1 is 0.930 bits per heavy atom. The van der Waals surface area contributed by atoms with E-state index in [9.17, 15) is 18.0 Å². The van der Waals surface area contributed by atoms with E-state index in [-0.39, 0.29) is 23.1 Å². The van der Waals surface area contributed by atoms with Crippen LogP contribution in [0.3, 0.4) is 0 Å². The van der Waals surface area contributed by atoms with Crippen molar-refractivity contribution in [1.82, 2.24) is 5.43 Å². The highest BCUT2D eigenvalue weighted by Gasteiger charge is 2.27. The number of carbonyl (C=O) groups excluding carboxylic acids is 2. The maximum absolute atomic E-state index is 13.4. The number of methoxy groups -OCH3 is 1. The molecule has 10 nitrogen and oxygen atoms in total. The lowest BCUT2D eigenvalue weighted by Crippen LogP contribution is -2.39. The van der Waals surface area contributed by atoms with E-state index < -0.39 is 22.5 Å². The summed E-state index contributed by atoms with van der Waals surface area (Å²) < 4.78 is 38.6. The molecule has 0 aromatic heterocycles. The molecule has 0 saturated carbocycles. The minimum Gasteiger partial charge on any atom is -0.495 e. The second-order valence-corrected chi connectivity index (χ2v) is 11.4. The number of hydrazone groups is 1. The van der Waals surface area contributed by atoms with E-state index in [1.165, 1.54) is 31.5 Å². The van der Waals surface area contributed by atoms with Gasteiger partial charge in [0.2, 0.25) is 0 Å². The molecule has 0 unspecified atom stereocenters. The lowest BCUT2D eigenvalue weighted by atomic mass is 10.2. The fourth-order valence-corrected chi connectivity index (χ4v) is 5.46. The molecule has 0 spiro atoms. The fraction of sp³-hybridized carbons (Fsp3) is 0.129. The number of sulfonamides is 1. The zero-order valence-electron chi connectivity index (χ0n) is 23.4. The number of anilines is 2. The Hall–Kier alpha value is -4.87. The van der Waals surface area contributed by atoms with E-state index in [1.54, 1.807) is 85.8 Å². The first kappa shape index (κ1) is 31.1. The van der Waals surface area contributed by atoms with Gasteiger partial charge in [0.05, 0.1) is 29.6 Å². The minimum absolute atomic E-state index is 0.0302. The number of nitrogens with one attached hydrogen (secondary N) is 2. The van der Waals surface area contributed by atoms with Gasteiger partial charge in [-0.2, -0.15) is 5.10 Å². The third kappa shape index (κ3) is 8.34. The molecule has 0 radical (unpaired) electrons. The number of hydrogen-bond acceptors (Lipinski definition) is 7. The molecule has 0 aliphatic carbocycles. The van der Waals surface area contributed by atoms with Crippen molar-refractivity contribution in [3.05, 3.63) is 113 Å². The van der Waals surface area contributed by atoms with Crippen LogP contribution in [0.2, 0.25) is 5.02 Å². The van der Waals surface area contributed by atoms with Gasteiger partial charge in [-0.3, -0.25) is 13.9 Å². The van der Waals surface area contributed by atoms with E-state index >= 15 is 0 Å². The highest BCUT2D eigenvalue weighted by Crippen LogP contribution is 2.28. The standard InChI is InChI=1S/C31H29ClN4O6S/c1-22-12-15-24(18-27(22)32)36(43(39,40)26-8-4-3-5-9-26)20-30(37)35-33-19-23-13-16-25(17-14-23)42-21-31(38)34-28-10-6-7-11-29(28)41-2/h3-19H,20-21H2,1-2H3,(H,34,38)(H,35,37)/b33-19-. The number of amides is 2. The number of rotatable bonds is 12. The maximum Gasteiger partial charge on any atom is 0.264 e. The summed E-state index contributed by atoms with van der Waals surface area (Å²) in [5.41, 5.74) is 4.54. The molecule has 12 heteroatoms. The molecule has 0 atom stereocenters. The summed E-state index contributed by atoms with van der Waals surface area (Å²) in [7, 11) is -2.56. The van der Waals surface area contributed by atoms with Crippen LogP contribution in [0.1, 0.15) is 11.1 Å². The van der Waals surface area contributed by atoms with Gasteiger partial charge < -0.3 is 14.8 Å². The van der Waals surface area contributed by atoms with Crippen LogP contribution in [-0.4, -0.2) is 46.7 Å². The SMILES string of the molecule is COc1ccccc1NC(=O)COc1ccc(/C=N\NC(=O)CN(c2ccc(C)c(Cl)c2)S(=O)(=O)c2ccccc2)cc1. The Bertz CT molecular complexity index is 1710. The van der Waals surface area contributed by atoms with E-state index in [4.69, 9.17) is 21.1 Å². The summed E-state index contributed by atoms with van der Waals surface area (Å²) in [4.78, 5) is 25.1. The summed E-state index contributed by atoms with van der Waals surface area (Å²) in [5.74, 6) is -0.0194. The van der Waals surface area contributed by atoms with Crippen LogP contribution >= 0.6 is 11.6 Å². The van der Waals surface area contributed by atoms with Crippen molar-refractivity contribution in [1.29, 1.82) is 0 Å². The first-order valence-corrected chi connectivity index (χ1v) is 14.8. The zero-order valence-corrected chi connectivity index (χ0v) is 24.9. The van der Waals surface area contributed by atoms with Crippen molar-refractivity contribution >= 4 is 51.0 Å². The van der Waals surface area contributed by atoms with E-state index in [0.717, 1.165) is 9.87 Å². The molecule has 4 aromatic rings. The summed E-state index contributed by atoms with van der Waals surface area (Å²) in [6.07, 6.45) is 1.40. The maximum atomic E-state index is 13.4. The normalized spacial score (nSPS) is 11.1. The van der Waals surface area contributed by atoms with Crippen LogP contribution in [0.25, 0.3) is 0 Å². The van der Waals surface area contributed by atoms with Gasteiger partial charge in [-0.25, -0.2) is 13.8 Å². The average molecular weight is 621 g/mol. The molecule has 0 heterocycles. The van der Waals surface area contributed by atoms with Gasteiger partial charge in [0.25, 0.3) is 21.8 Å². The molecule has 222 valence electrons. The van der Waals surface area contributed by atoms with Crippen LogP contribution in [-0.2, 0) is 19.6 Å². The summed E-state index contributed by atoms with van der Waals surface area (Å²) in [6, 6.07) is 26.3. The van der Waals surface area contributed by atoms with Crippen molar-refractivity contribution in [2.75, 3.05) is 29.9 Å². The minimum atomic E-state index is -4.08. The number of nitrogens with zero attached hydrogens (tertiary/aromatic N) is 2. The molecule has 2 N–H and O–H groups in total. The molecule has 4 rings (SSSR count). The van der Waals surface area contributed by atoms with Gasteiger partial charge in [-0.15, -0.1) is 0 Å². The molecular weight excluding hydrogens is 592 g/mol. The second-order valence-electron chi connectivity index (χ2n) is 9.16. The largest absolute Gasteiger partial charge is 0.495 e. The van der Waals surface area contributed by atoms with Gasteiger partial charge in [0, 0.05) is 5.02 Å². The number of carbonyl (C=O) groups is 2. The molecular formula is C31H29ClN4O6S. The lowest BCUT2D eigenvalue weighted by molar-refractivity contribution is -0.119. The average Bonchev–Trinajstić information content (AvgIpc) is 3.01. The molecule has 0 saturated heterocycles. The molecule has 0 aliphatic heterocycles. The van der Waals surface area contributed by atoms with Crippen molar-refractivity contribution < 1.29 is 27.5 Å². The zero-order chi connectivity index (χ0) is 30.8. The summed E-state index contributed by atoms with van der Waals surface area (Å²) in [6.45, 7) is 1.05. The Morgan fingerprint density at radius 2 is 1.63 bits per heavy atom. The van der Waals surface area contributed by atoms with Crippen LogP contribution in [0.4, 0.5) is 11.4 Å². The molecule has 0 fully saturated rings. The Labute approximate surface area is 254 Å². The molecule has 0 aliphatic rings. The summed E-state index contributed by atoms with van der Waals surface area (Å²) >= 11 is 6.25. The van der Waals surface area contributed by atoms with E-state index in [0.29, 0.717) is 27.8 Å². The van der Waals surface area contributed by atoms with Crippen LogP contribution in [0.5, 0.6) is 11.5 Å². The first-order valence-electron chi connectivity index (χ1n) is 13.0. The van der Waals surface area contributed by atoms with E-state index in [2.05, 4.69) is 15.8 Å². The third-order valence-corrected chi connectivity index (χ3v) is 8.29. The number of halogens is 1. The highest BCUT2D eigenvalue weighted by atomic mass is 35.5. The van der Waals surface area contributed by atoms with Gasteiger partial charge in [-0.05, 0) is 78.7 Å². The highest BCUT2D eigenvalue weighted by molar-refractivity contribution is 7.92. The number of hydrogen-bond donors (Lipinski definition) is 2. The number of benzene rings is 4. The third-order valence-electron chi connectivity index (χ3n) is 6.10.